The number of carbonyl (C=O) groups is 2. The second-order valence-corrected chi connectivity index (χ2v) is 7.05. The van der Waals surface area contributed by atoms with Crippen molar-refractivity contribution >= 4 is 11.9 Å². The summed E-state index contributed by atoms with van der Waals surface area (Å²) in [6.07, 6.45) is 8.58. The third-order valence-electron chi connectivity index (χ3n) is 4.69. The maximum absolute atomic E-state index is 12.3. The third-order valence-corrected chi connectivity index (χ3v) is 4.69. The number of methoxy groups -OCH3 is 1. The topological polar surface area (TPSA) is 82.1 Å². The van der Waals surface area contributed by atoms with Crippen molar-refractivity contribution in [2.45, 2.75) is 51.9 Å². The van der Waals surface area contributed by atoms with Crippen molar-refractivity contribution in [2.75, 3.05) is 13.7 Å². The lowest BCUT2D eigenvalue weighted by Crippen LogP contribution is -2.09. The summed E-state index contributed by atoms with van der Waals surface area (Å²) in [4.78, 5) is 23.8. The molecule has 0 aliphatic heterocycles. The van der Waals surface area contributed by atoms with E-state index in [0.29, 0.717) is 17.9 Å². The highest BCUT2D eigenvalue weighted by atomic mass is 16.5. The molecule has 6 heteroatoms. The van der Waals surface area contributed by atoms with Gasteiger partial charge in [0.05, 0.1) is 19.3 Å². The fourth-order valence-corrected chi connectivity index (χ4v) is 2.96. The molecule has 30 heavy (non-hydrogen) atoms. The third kappa shape index (κ3) is 7.43. The van der Waals surface area contributed by atoms with Gasteiger partial charge in [-0.15, -0.1) is 0 Å². The van der Waals surface area contributed by atoms with Gasteiger partial charge < -0.3 is 19.3 Å². The summed E-state index contributed by atoms with van der Waals surface area (Å²) in [6.45, 7) is 2.87. The number of benzene rings is 2. The molecule has 0 aliphatic rings. The van der Waals surface area contributed by atoms with Crippen molar-refractivity contribution in [3.8, 4) is 17.2 Å². The van der Waals surface area contributed by atoms with Gasteiger partial charge in [0.15, 0.2) is 0 Å². The van der Waals surface area contributed by atoms with Crippen molar-refractivity contribution in [3.63, 3.8) is 0 Å². The van der Waals surface area contributed by atoms with E-state index in [4.69, 9.17) is 9.47 Å². The SMILES string of the molecule is CCCCCCCCCOc1ccc(C(=O)Oc2ccc(C(=O)OC)c(O)c2)cc1. The van der Waals surface area contributed by atoms with Crippen LogP contribution in [0.3, 0.4) is 0 Å². The maximum Gasteiger partial charge on any atom is 0.343 e. The molecular weight excluding hydrogens is 384 g/mol. The first-order chi connectivity index (χ1) is 14.5. The van der Waals surface area contributed by atoms with Crippen LogP contribution in [-0.4, -0.2) is 30.8 Å². The Morgan fingerprint density at radius 1 is 0.833 bits per heavy atom. The van der Waals surface area contributed by atoms with Gasteiger partial charge in [0.25, 0.3) is 0 Å². The predicted molar refractivity (Wildman–Crippen MR) is 114 cm³/mol. The van der Waals surface area contributed by atoms with Crippen molar-refractivity contribution in [2.24, 2.45) is 0 Å². The first-order valence-corrected chi connectivity index (χ1v) is 10.4. The van der Waals surface area contributed by atoms with E-state index in [1.54, 1.807) is 24.3 Å². The molecule has 1 N–H and O–H groups in total. The number of phenolic OH excluding ortho intramolecular Hbond substituents is 1. The quantitative estimate of drug-likeness (QED) is 0.279. The van der Waals surface area contributed by atoms with Gasteiger partial charge in [-0.3, -0.25) is 0 Å². The Morgan fingerprint density at radius 2 is 1.47 bits per heavy atom. The molecule has 0 unspecified atom stereocenters. The Bertz CT molecular complexity index is 813. The molecule has 0 atom stereocenters. The zero-order valence-electron chi connectivity index (χ0n) is 17.7. The minimum Gasteiger partial charge on any atom is -0.507 e. The molecule has 0 radical (unpaired) electrons. The lowest BCUT2D eigenvalue weighted by atomic mass is 10.1. The Labute approximate surface area is 177 Å². The highest BCUT2D eigenvalue weighted by Crippen LogP contribution is 2.25. The molecule has 0 amide bonds. The number of rotatable bonds is 12. The molecule has 0 heterocycles. The van der Waals surface area contributed by atoms with Crippen LogP contribution in [0, 0.1) is 0 Å². The molecule has 0 saturated heterocycles. The molecular formula is C24H30O6. The molecule has 0 aliphatic carbocycles. The number of esters is 2. The Hall–Kier alpha value is -3.02. The molecule has 0 spiro atoms. The van der Waals surface area contributed by atoms with Gasteiger partial charge in [0.1, 0.15) is 22.8 Å². The van der Waals surface area contributed by atoms with Gasteiger partial charge in [0.2, 0.25) is 0 Å². The number of phenols is 1. The number of aromatic hydroxyl groups is 1. The normalized spacial score (nSPS) is 10.5. The number of hydrogen-bond donors (Lipinski definition) is 1. The molecule has 2 aromatic rings. The first kappa shape index (κ1) is 23.3. The van der Waals surface area contributed by atoms with Gasteiger partial charge in [-0.25, -0.2) is 9.59 Å². The molecule has 0 saturated carbocycles. The average molecular weight is 414 g/mol. The number of unbranched alkanes of at least 4 members (excludes halogenated alkanes) is 6. The molecule has 0 aromatic heterocycles. The van der Waals surface area contributed by atoms with Crippen LogP contribution >= 0.6 is 0 Å². The van der Waals surface area contributed by atoms with Crippen molar-refractivity contribution in [1.82, 2.24) is 0 Å². The average Bonchev–Trinajstić information content (AvgIpc) is 2.75. The van der Waals surface area contributed by atoms with E-state index in [0.717, 1.165) is 12.8 Å². The lowest BCUT2D eigenvalue weighted by molar-refractivity contribution is 0.0597. The fraction of sp³-hybridized carbons (Fsp3) is 0.417. The van der Waals surface area contributed by atoms with Crippen molar-refractivity contribution in [1.29, 1.82) is 0 Å². The van der Waals surface area contributed by atoms with E-state index in [2.05, 4.69) is 11.7 Å². The second kappa shape index (κ2) is 12.5. The minimum atomic E-state index is -0.669. The van der Waals surface area contributed by atoms with Crippen LogP contribution in [0.15, 0.2) is 42.5 Å². The summed E-state index contributed by atoms with van der Waals surface area (Å²) < 4.78 is 15.5. The monoisotopic (exact) mass is 414 g/mol. The van der Waals surface area contributed by atoms with Crippen LogP contribution in [-0.2, 0) is 4.74 Å². The van der Waals surface area contributed by atoms with E-state index in [1.807, 2.05) is 0 Å². The van der Waals surface area contributed by atoms with Crippen LogP contribution in [0.1, 0.15) is 72.6 Å². The number of hydrogen-bond acceptors (Lipinski definition) is 6. The Morgan fingerprint density at radius 3 is 2.10 bits per heavy atom. The van der Waals surface area contributed by atoms with Crippen LogP contribution in [0.25, 0.3) is 0 Å². The van der Waals surface area contributed by atoms with E-state index < -0.39 is 11.9 Å². The Kier molecular flexibility index (Phi) is 9.71. The summed E-state index contributed by atoms with van der Waals surface area (Å²) in [5.74, 6) is -0.723. The molecule has 2 rings (SSSR count). The van der Waals surface area contributed by atoms with Crippen LogP contribution < -0.4 is 9.47 Å². The van der Waals surface area contributed by atoms with Gasteiger partial charge in [-0.1, -0.05) is 45.4 Å². The zero-order chi connectivity index (χ0) is 21.8. The Balaban J connectivity index is 1.78. The standard InChI is InChI=1S/C24H30O6/c1-3-4-5-6-7-8-9-16-29-19-12-10-18(11-13-19)23(26)30-20-14-15-21(22(25)17-20)24(27)28-2/h10-15,17,25H,3-9,16H2,1-2H3. The maximum atomic E-state index is 12.3. The predicted octanol–water partition coefficient (Wildman–Crippen LogP) is 5.53. The molecule has 2 aromatic carbocycles. The molecule has 0 fully saturated rings. The van der Waals surface area contributed by atoms with E-state index in [-0.39, 0.29) is 17.1 Å². The zero-order valence-corrected chi connectivity index (χ0v) is 17.7. The first-order valence-electron chi connectivity index (χ1n) is 10.4. The highest BCUT2D eigenvalue weighted by Gasteiger charge is 2.14. The molecule has 162 valence electrons. The van der Waals surface area contributed by atoms with E-state index in [9.17, 15) is 14.7 Å². The number of carbonyl (C=O) groups excluding carboxylic acids is 2. The van der Waals surface area contributed by atoms with Crippen LogP contribution in [0.5, 0.6) is 17.2 Å². The van der Waals surface area contributed by atoms with E-state index in [1.165, 1.54) is 57.4 Å². The van der Waals surface area contributed by atoms with Gasteiger partial charge in [-0.05, 0) is 42.8 Å². The van der Waals surface area contributed by atoms with Gasteiger partial charge >= 0.3 is 11.9 Å². The van der Waals surface area contributed by atoms with Crippen LogP contribution in [0.4, 0.5) is 0 Å². The lowest BCUT2D eigenvalue weighted by Gasteiger charge is -2.09. The van der Waals surface area contributed by atoms with Gasteiger partial charge in [0, 0.05) is 6.07 Å². The van der Waals surface area contributed by atoms with Crippen molar-refractivity contribution < 1.29 is 28.9 Å². The summed E-state index contributed by atoms with van der Waals surface area (Å²) in [5, 5.41) is 9.88. The molecule has 6 nitrogen and oxygen atoms in total. The summed E-state index contributed by atoms with van der Waals surface area (Å²) in [6, 6.07) is 10.7. The highest BCUT2D eigenvalue weighted by molar-refractivity contribution is 5.93. The van der Waals surface area contributed by atoms with E-state index >= 15 is 0 Å². The second-order valence-electron chi connectivity index (χ2n) is 7.05. The summed E-state index contributed by atoms with van der Waals surface area (Å²) >= 11 is 0. The summed E-state index contributed by atoms with van der Waals surface area (Å²) in [5.41, 5.74) is 0.356. The summed E-state index contributed by atoms with van der Waals surface area (Å²) in [7, 11) is 1.22. The van der Waals surface area contributed by atoms with Gasteiger partial charge in [-0.2, -0.15) is 0 Å². The number of ether oxygens (including phenoxy) is 3. The smallest absolute Gasteiger partial charge is 0.343 e. The largest absolute Gasteiger partial charge is 0.507 e. The van der Waals surface area contributed by atoms with Crippen molar-refractivity contribution in [3.05, 3.63) is 53.6 Å². The van der Waals surface area contributed by atoms with Crippen LogP contribution in [0.2, 0.25) is 0 Å². The molecule has 0 bridgehead atoms. The minimum absolute atomic E-state index is 0.000222. The fourth-order valence-electron chi connectivity index (χ4n) is 2.96.